The van der Waals surface area contributed by atoms with Gasteiger partial charge in [-0.25, -0.2) is 0 Å². The average Bonchev–Trinajstić information content (AvgIpc) is 2.71. The van der Waals surface area contributed by atoms with Gasteiger partial charge in [0.05, 0.1) is 11.1 Å². The summed E-state index contributed by atoms with van der Waals surface area (Å²) < 4.78 is 0. The number of hydrogen-bond acceptors (Lipinski definition) is 3. The van der Waals surface area contributed by atoms with E-state index in [2.05, 4.69) is 12.2 Å². The maximum atomic E-state index is 12.2. The number of fused-ring (bicyclic) bond motifs is 1. The molecule has 2 heterocycles. The second-order valence-electron chi connectivity index (χ2n) is 5.88. The van der Waals surface area contributed by atoms with Gasteiger partial charge in [0.2, 0.25) is 0 Å². The van der Waals surface area contributed by atoms with Crippen molar-refractivity contribution < 1.29 is 9.59 Å². The molecule has 0 aliphatic carbocycles. The van der Waals surface area contributed by atoms with Crippen LogP contribution in [0, 0.1) is 5.92 Å². The second-order valence-corrected chi connectivity index (χ2v) is 5.88. The van der Waals surface area contributed by atoms with Crippen LogP contribution in [0.4, 0.5) is 0 Å². The number of amides is 2. The molecule has 3 rings (SSSR count). The Bertz CT molecular complexity index is 498. The molecular formula is C16H20N2O2. The number of benzene rings is 1. The van der Waals surface area contributed by atoms with E-state index in [1.807, 2.05) is 0 Å². The standard InChI is InChI=1S/C16H20N2O2/c1-11-6-7-12(17-10-11)8-9-18-15(19)13-4-2-3-5-14(13)16(18)20/h2-5,11-12,17H,6-10H2,1H3. The van der Waals surface area contributed by atoms with E-state index >= 15 is 0 Å². The van der Waals surface area contributed by atoms with Crippen molar-refractivity contribution in [2.24, 2.45) is 5.92 Å². The molecule has 1 N–H and O–H groups in total. The quantitative estimate of drug-likeness (QED) is 0.857. The lowest BCUT2D eigenvalue weighted by Gasteiger charge is -2.28. The first-order valence-electron chi connectivity index (χ1n) is 7.35. The van der Waals surface area contributed by atoms with Gasteiger partial charge in [-0.1, -0.05) is 19.1 Å². The summed E-state index contributed by atoms with van der Waals surface area (Å²) in [4.78, 5) is 25.8. The fraction of sp³-hybridized carbons (Fsp3) is 0.500. The lowest BCUT2D eigenvalue weighted by molar-refractivity contribution is 0.0645. The number of carbonyl (C=O) groups excluding carboxylic acids is 2. The Morgan fingerprint density at radius 2 is 1.80 bits per heavy atom. The third kappa shape index (κ3) is 2.36. The van der Waals surface area contributed by atoms with Crippen LogP contribution < -0.4 is 5.32 Å². The van der Waals surface area contributed by atoms with Crippen molar-refractivity contribution in [3.8, 4) is 0 Å². The summed E-state index contributed by atoms with van der Waals surface area (Å²) >= 11 is 0. The van der Waals surface area contributed by atoms with E-state index in [4.69, 9.17) is 0 Å². The summed E-state index contributed by atoms with van der Waals surface area (Å²) in [5, 5.41) is 3.49. The molecule has 2 unspecified atom stereocenters. The first-order valence-corrected chi connectivity index (χ1v) is 7.35. The molecule has 1 aromatic rings. The zero-order valence-corrected chi connectivity index (χ0v) is 11.8. The fourth-order valence-electron chi connectivity index (χ4n) is 3.03. The number of nitrogens with one attached hydrogen (secondary N) is 1. The minimum atomic E-state index is -0.144. The van der Waals surface area contributed by atoms with Gasteiger partial charge in [-0.15, -0.1) is 0 Å². The molecule has 4 nitrogen and oxygen atoms in total. The van der Waals surface area contributed by atoms with Crippen LogP contribution in [-0.2, 0) is 0 Å². The zero-order valence-electron chi connectivity index (χ0n) is 11.8. The Hall–Kier alpha value is -1.68. The number of rotatable bonds is 3. The lowest BCUT2D eigenvalue weighted by atomic mass is 9.94. The molecular weight excluding hydrogens is 252 g/mol. The van der Waals surface area contributed by atoms with Crippen LogP contribution >= 0.6 is 0 Å². The van der Waals surface area contributed by atoms with Crippen LogP contribution in [0.5, 0.6) is 0 Å². The molecule has 0 radical (unpaired) electrons. The Kier molecular flexibility index (Phi) is 3.57. The van der Waals surface area contributed by atoms with E-state index in [1.165, 1.54) is 11.3 Å². The summed E-state index contributed by atoms with van der Waals surface area (Å²) in [7, 11) is 0. The molecule has 2 atom stereocenters. The Labute approximate surface area is 119 Å². The van der Waals surface area contributed by atoms with Crippen LogP contribution in [-0.4, -0.2) is 35.8 Å². The third-order valence-electron chi connectivity index (χ3n) is 4.34. The van der Waals surface area contributed by atoms with Crippen molar-refractivity contribution in [1.29, 1.82) is 0 Å². The molecule has 2 amide bonds. The van der Waals surface area contributed by atoms with E-state index in [9.17, 15) is 9.59 Å². The van der Waals surface area contributed by atoms with Gasteiger partial charge in [0.25, 0.3) is 11.8 Å². The largest absolute Gasteiger partial charge is 0.314 e. The van der Waals surface area contributed by atoms with Crippen LogP contribution in [0.3, 0.4) is 0 Å². The maximum Gasteiger partial charge on any atom is 0.261 e. The topological polar surface area (TPSA) is 49.4 Å². The molecule has 1 fully saturated rings. The van der Waals surface area contributed by atoms with Crippen LogP contribution in [0.25, 0.3) is 0 Å². The van der Waals surface area contributed by atoms with Crippen molar-refractivity contribution in [2.75, 3.05) is 13.1 Å². The van der Waals surface area contributed by atoms with E-state index in [-0.39, 0.29) is 11.8 Å². The number of nitrogens with zero attached hydrogens (tertiary/aromatic N) is 1. The molecule has 106 valence electrons. The summed E-state index contributed by atoms with van der Waals surface area (Å²) in [6.45, 7) is 3.79. The van der Waals surface area contributed by atoms with E-state index in [0.717, 1.165) is 25.3 Å². The van der Waals surface area contributed by atoms with Crippen LogP contribution in [0.1, 0.15) is 46.9 Å². The summed E-state index contributed by atoms with van der Waals surface area (Å²) in [6, 6.07) is 7.50. The van der Waals surface area contributed by atoms with Crippen molar-refractivity contribution >= 4 is 11.8 Å². The van der Waals surface area contributed by atoms with Crippen LogP contribution in [0.15, 0.2) is 24.3 Å². The van der Waals surface area contributed by atoms with Gasteiger partial charge in [0.15, 0.2) is 0 Å². The molecule has 0 spiro atoms. The predicted molar refractivity (Wildman–Crippen MR) is 76.6 cm³/mol. The Morgan fingerprint density at radius 3 is 2.35 bits per heavy atom. The highest BCUT2D eigenvalue weighted by molar-refractivity contribution is 6.21. The van der Waals surface area contributed by atoms with Crippen molar-refractivity contribution in [1.82, 2.24) is 10.2 Å². The fourth-order valence-corrected chi connectivity index (χ4v) is 3.03. The first kappa shape index (κ1) is 13.3. The van der Waals surface area contributed by atoms with Crippen LogP contribution in [0.2, 0.25) is 0 Å². The maximum absolute atomic E-state index is 12.2. The van der Waals surface area contributed by atoms with Crippen molar-refractivity contribution in [2.45, 2.75) is 32.2 Å². The minimum absolute atomic E-state index is 0.144. The van der Waals surface area contributed by atoms with Crippen molar-refractivity contribution in [3.05, 3.63) is 35.4 Å². The third-order valence-corrected chi connectivity index (χ3v) is 4.34. The SMILES string of the molecule is CC1CCC(CCN2C(=O)c3ccccc3C2=O)NC1. The molecule has 4 heteroatoms. The summed E-state index contributed by atoms with van der Waals surface area (Å²) in [6.07, 6.45) is 3.20. The summed E-state index contributed by atoms with van der Waals surface area (Å²) in [5.74, 6) is 0.440. The highest BCUT2D eigenvalue weighted by Crippen LogP contribution is 2.23. The number of carbonyl (C=O) groups is 2. The van der Waals surface area contributed by atoms with E-state index in [0.29, 0.717) is 23.7 Å². The average molecular weight is 272 g/mol. The molecule has 0 saturated carbocycles. The van der Waals surface area contributed by atoms with Gasteiger partial charge in [0, 0.05) is 12.6 Å². The number of hydrogen-bond donors (Lipinski definition) is 1. The highest BCUT2D eigenvalue weighted by Gasteiger charge is 2.35. The number of imide groups is 1. The number of piperidine rings is 1. The molecule has 0 bridgehead atoms. The van der Waals surface area contributed by atoms with Gasteiger partial charge < -0.3 is 5.32 Å². The van der Waals surface area contributed by atoms with Gasteiger partial charge in [0.1, 0.15) is 0 Å². The lowest BCUT2D eigenvalue weighted by Crippen LogP contribution is -2.41. The molecule has 2 aliphatic rings. The van der Waals surface area contributed by atoms with Gasteiger partial charge in [-0.3, -0.25) is 14.5 Å². The minimum Gasteiger partial charge on any atom is -0.314 e. The molecule has 1 aromatic carbocycles. The smallest absolute Gasteiger partial charge is 0.261 e. The zero-order chi connectivity index (χ0) is 14.1. The van der Waals surface area contributed by atoms with Crippen molar-refractivity contribution in [3.63, 3.8) is 0 Å². The highest BCUT2D eigenvalue weighted by atomic mass is 16.2. The van der Waals surface area contributed by atoms with Gasteiger partial charge >= 0.3 is 0 Å². The monoisotopic (exact) mass is 272 g/mol. The normalized spacial score (nSPS) is 25.9. The van der Waals surface area contributed by atoms with E-state index < -0.39 is 0 Å². The van der Waals surface area contributed by atoms with Gasteiger partial charge in [-0.2, -0.15) is 0 Å². The molecule has 1 saturated heterocycles. The molecule has 0 aromatic heterocycles. The molecule has 20 heavy (non-hydrogen) atoms. The van der Waals surface area contributed by atoms with Gasteiger partial charge in [-0.05, 0) is 43.9 Å². The second kappa shape index (κ2) is 5.37. The summed E-state index contributed by atoms with van der Waals surface area (Å²) in [5.41, 5.74) is 1.09. The Balaban J connectivity index is 1.62. The molecule has 2 aliphatic heterocycles. The first-order chi connectivity index (χ1) is 9.66. The van der Waals surface area contributed by atoms with E-state index in [1.54, 1.807) is 24.3 Å². The Morgan fingerprint density at radius 1 is 1.15 bits per heavy atom. The predicted octanol–water partition coefficient (Wildman–Crippen LogP) is 2.06.